The van der Waals surface area contributed by atoms with Gasteiger partial charge in [0.15, 0.2) is 0 Å². The van der Waals surface area contributed by atoms with E-state index in [-0.39, 0.29) is 30.4 Å². The summed E-state index contributed by atoms with van der Waals surface area (Å²) in [6.07, 6.45) is -1.52. The Kier molecular flexibility index (Phi) is 9.00. The summed E-state index contributed by atoms with van der Waals surface area (Å²) in [6, 6.07) is 28.7. The van der Waals surface area contributed by atoms with E-state index in [9.17, 15) is 19.5 Å². The van der Waals surface area contributed by atoms with Gasteiger partial charge in [-0.05, 0) is 52.9 Å². The fourth-order valence-corrected chi connectivity index (χ4v) is 5.56. The lowest BCUT2D eigenvalue weighted by Gasteiger charge is -2.25. The molecule has 0 aromatic heterocycles. The third-order valence-electron chi connectivity index (χ3n) is 7.14. The predicted molar refractivity (Wildman–Crippen MR) is 162 cm³/mol. The highest BCUT2D eigenvalue weighted by Crippen LogP contribution is 2.44. The minimum absolute atomic E-state index is 0.00547. The fraction of sp³-hybridized carbons (Fsp3) is 0.182. The number of amides is 2. The van der Waals surface area contributed by atoms with Crippen molar-refractivity contribution in [1.82, 2.24) is 5.32 Å². The van der Waals surface area contributed by atoms with Crippen molar-refractivity contribution in [1.29, 1.82) is 0 Å². The van der Waals surface area contributed by atoms with E-state index >= 15 is 0 Å². The zero-order valence-corrected chi connectivity index (χ0v) is 24.3. The van der Waals surface area contributed by atoms with Gasteiger partial charge in [0.25, 0.3) is 0 Å². The van der Waals surface area contributed by atoms with Gasteiger partial charge in [-0.1, -0.05) is 94.8 Å². The molecule has 0 unspecified atom stereocenters. The van der Waals surface area contributed by atoms with Crippen LogP contribution in [0.5, 0.6) is 0 Å². The number of rotatable bonds is 10. The number of halogens is 1. The van der Waals surface area contributed by atoms with Crippen LogP contribution < -0.4 is 10.6 Å². The number of fused-ring (bicyclic) bond motifs is 3. The lowest BCUT2D eigenvalue weighted by Crippen LogP contribution is -2.51. The van der Waals surface area contributed by atoms with E-state index in [4.69, 9.17) is 9.47 Å². The van der Waals surface area contributed by atoms with Crippen molar-refractivity contribution in [3.63, 3.8) is 0 Å². The Balaban J connectivity index is 1.31. The summed E-state index contributed by atoms with van der Waals surface area (Å²) in [5, 5.41) is 14.8. The number of anilines is 1. The van der Waals surface area contributed by atoms with Crippen LogP contribution in [0.1, 0.15) is 39.9 Å². The van der Waals surface area contributed by atoms with Crippen molar-refractivity contribution in [3.8, 4) is 11.1 Å². The molecule has 4 aromatic carbocycles. The first-order valence-electron chi connectivity index (χ1n) is 13.4. The first-order valence-corrected chi connectivity index (χ1v) is 14.2. The third kappa shape index (κ3) is 6.70. The number of ether oxygens (including phenoxy) is 2. The van der Waals surface area contributed by atoms with Crippen molar-refractivity contribution < 1.29 is 29.0 Å². The van der Waals surface area contributed by atoms with E-state index in [1.807, 2.05) is 66.7 Å². The van der Waals surface area contributed by atoms with E-state index in [0.29, 0.717) is 4.47 Å². The molecule has 3 N–H and O–H groups in total. The lowest BCUT2D eigenvalue weighted by atomic mass is 9.98. The normalized spacial score (nSPS) is 13.4. The van der Waals surface area contributed by atoms with Gasteiger partial charge in [0.05, 0.1) is 18.3 Å². The number of carboxylic acid groups (broad SMARTS) is 1. The topological polar surface area (TPSA) is 114 Å². The Hall–Kier alpha value is -4.47. The van der Waals surface area contributed by atoms with Gasteiger partial charge in [0.2, 0.25) is 5.91 Å². The number of alkyl carbamates (subject to hydrolysis) is 1. The van der Waals surface area contributed by atoms with Crippen molar-refractivity contribution in [2.24, 2.45) is 0 Å². The van der Waals surface area contributed by atoms with Crippen molar-refractivity contribution in [3.05, 3.63) is 124 Å². The summed E-state index contributed by atoms with van der Waals surface area (Å²) in [6.45, 7) is 1.99. The Labute approximate surface area is 251 Å². The van der Waals surface area contributed by atoms with Crippen LogP contribution in [-0.2, 0) is 20.9 Å². The summed E-state index contributed by atoms with van der Waals surface area (Å²) < 4.78 is 12.1. The highest BCUT2D eigenvalue weighted by atomic mass is 79.9. The Morgan fingerprint density at radius 1 is 0.881 bits per heavy atom. The van der Waals surface area contributed by atoms with E-state index < -0.39 is 30.1 Å². The van der Waals surface area contributed by atoms with E-state index in [1.54, 1.807) is 13.0 Å². The first-order chi connectivity index (χ1) is 20.3. The second kappa shape index (κ2) is 13.0. The zero-order valence-electron chi connectivity index (χ0n) is 22.8. The summed E-state index contributed by atoms with van der Waals surface area (Å²) in [5.41, 5.74) is 5.51. The molecule has 0 heterocycles. The van der Waals surface area contributed by atoms with E-state index in [1.165, 1.54) is 12.1 Å². The second-order valence-electron chi connectivity index (χ2n) is 9.97. The minimum Gasteiger partial charge on any atom is -0.478 e. The third-order valence-corrected chi connectivity index (χ3v) is 7.59. The standard InChI is InChI=1S/C33H29BrN2O6/c1-20(41-18-21-9-3-2-4-10-21)30(31(37)35-24-16-22(32(38)39)15-23(34)17-24)36-33(40)42-19-29-27-13-7-5-11-25(27)26-12-6-8-14-28(26)29/h2-17,20,29-30H,18-19H2,1H3,(H,35,37)(H,36,40)(H,38,39)/t20-,30+/m0/s1. The van der Waals surface area contributed by atoms with Crippen LogP contribution in [0.3, 0.4) is 0 Å². The molecule has 2 atom stereocenters. The SMILES string of the molecule is C[C@H](OCc1ccccc1)[C@@H](NC(=O)OCC1c2ccccc2-c2ccccc21)C(=O)Nc1cc(Br)cc(C(=O)O)c1. The van der Waals surface area contributed by atoms with Crippen LogP contribution in [-0.4, -0.2) is 41.8 Å². The summed E-state index contributed by atoms with van der Waals surface area (Å²) in [4.78, 5) is 38.1. The number of aromatic carboxylic acids is 1. The van der Waals surface area contributed by atoms with Crippen LogP contribution in [0.15, 0.2) is 102 Å². The lowest BCUT2D eigenvalue weighted by molar-refractivity contribution is -0.121. The molecule has 0 radical (unpaired) electrons. The quantitative estimate of drug-likeness (QED) is 0.182. The summed E-state index contributed by atoms with van der Waals surface area (Å²) in [5.74, 6) is -1.86. The largest absolute Gasteiger partial charge is 0.478 e. The molecule has 2 amide bonds. The highest BCUT2D eigenvalue weighted by molar-refractivity contribution is 9.10. The summed E-state index contributed by atoms with van der Waals surface area (Å²) >= 11 is 3.28. The predicted octanol–water partition coefficient (Wildman–Crippen LogP) is 6.60. The van der Waals surface area contributed by atoms with E-state index in [0.717, 1.165) is 27.8 Å². The van der Waals surface area contributed by atoms with Gasteiger partial charge in [0.1, 0.15) is 12.6 Å². The van der Waals surface area contributed by atoms with Crippen LogP contribution in [0.2, 0.25) is 0 Å². The number of carbonyl (C=O) groups is 3. The molecule has 9 heteroatoms. The maximum absolute atomic E-state index is 13.5. The van der Waals surface area contributed by atoms with Gasteiger partial charge >= 0.3 is 12.1 Å². The molecule has 42 heavy (non-hydrogen) atoms. The molecular weight excluding hydrogens is 600 g/mol. The van der Waals surface area contributed by atoms with Gasteiger partial charge in [-0.3, -0.25) is 4.79 Å². The molecule has 4 aromatic rings. The van der Waals surface area contributed by atoms with Crippen LogP contribution in [0, 0.1) is 0 Å². The maximum Gasteiger partial charge on any atom is 0.407 e. The summed E-state index contributed by atoms with van der Waals surface area (Å²) in [7, 11) is 0. The number of nitrogens with one attached hydrogen (secondary N) is 2. The molecule has 0 saturated heterocycles. The second-order valence-corrected chi connectivity index (χ2v) is 10.9. The van der Waals surface area contributed by atoms with Gasteiger partial charge in [-0.15, -0.1) is 0 Å². The van der Waals surface area contributed by atoms with E-state index in [2.05, 4.69) is 38.7 Å². The van der Waals surface area contributed by atoms with Crippen molar-refractivity contribution >= 4 is 39.6 Å². The highest BCUT2D eigenvalue weighted by Gasteiger charge is 2.32. The fourth-order valence-electron chi connectivity index (χ4n) is 5.07. The molecule has 1 aliphatic carbocycles. The van der Waals surface area contributed by atoms with Gasteiger partial charge in [-0.2, -0.15) is 0 Å². The molecule has 0 bridgehead atoms. The van der Waals surface area contributed by atoms with Gasteiger partial charge in [-0.25, -0.2) is 9.59 Å². The minimum atomic E-state index is -1.14. The van der Waals surface area contributed by atoms with Crippen LogP contribution >= 0.6 is 15.9 Å². The Bertz CT molecular complexity index is 1560. The molecule has 1 aliphatic rings. The molecule has 0 fully saturated rings. The van der Waals surface area contributed by atoms with Gasteiger partial charge < -0.3 is 25.2 Å². The molecule has 0 aliphatic heterocycles. The monoisotopic (exact) mass is 628 g/mol. The number of carbonyl (C=O) groups excluding carboxylic acids is 2. The molecular formula is C33H29BrN2O6. The molecule has 0 spiro atoms. The smallest absolute Gasteiger partial charge is 0.407 e. The first kappa shape index (κ1) is 29.0. The molecule has 8 nitrogen and oxygen atoms in total. The van der Waals surface area contributed by atoms with Gasteiger partial charge in [0, 0.05) is 16.1 Å². The average Bonchev–Trinajstić information content (AvgIpc) is 3.31. The maximum atomic E-state index is 13.5. The molecule has 5 rings (SSSR count). The Morgan fingerprint density at radius 3 is 2.14 bits per heavy atom. The average molecular weight is 630 g/mol. The van der Waals surface area contributed by atoms with Crippen molar-refractivity contribution in [2.45, 2.75) is 31.6 Å². The van der Waals surface area contributed by atoms with Crippen LogP contribution in [0.25, 0.3) is 11.1 Å². The molecule has 214 valence electrons. The number of carboxylic acids is 1. The molecule has 0 saturated carbocycles. The zero-order chi connectivity index (χ0) is 29.6. The number of hydrogen-bond donors (Lipinski definition) is 3. The van der Waals surface area contributed by atoms with Crippen molar-refractivity contribution in [2.75, 3.05) is 11.9 Å². The number of hydrogen-bond acceptors (Lipinski definition) is 5. The Morgan fingerprint density at radius 2 is 1.50 bits per heavy atom. The van der Waals surface area contributed by atoms with Crippen LogP contribution in [0.4, 0.5) is 10.5 Å². The number of benzene rings is 4.